The van der Waals surface area contributed by atoms with Crippen molar-refractivity contribution in [3.63, 3.8) is 0 Å². The van der Waals surface area contributed by atoms with E-state index in [-0.39, 0.29) is 24.7 Å². The van der Waals surface area contributed by atoms with Crippen LogP contribution in [0.15, 0.2) is 11.6 Å². The Labute approximate surface area is 252 Å². The number of ether oxygens (including phenoxy) is 3. The average molecular weight is 593 g/mol. The lowest BCUT2D eigenvalue weighted by atomic mass is 9.46. The molecule has 4 fully saturated rings. The van der Waals surface area contributed by atoms with Gasteiger partial charge in [0.2, 0.25) is 0 Å². The molecule has 4 N–H and O–H groups in total. The van der Waals surface area contributed by atoms with E-state index in [1.165, 1.54) is 38.2 Å². The molecule has 1 heterocycles. The van der Waals surface area contributed by atoms with E-state index in [1.807, 2.05) is 13.8 Å². The first-order valence-corrected chi connectivity index (χ1v) is 16.6. The number of rotatable bonds is 9. The van der Waals surface area contributed by atoms with E-state index >= 15 is 0 Å². The molecule has 8 nitrogen and oxygen atoms in total. The van der Waals surface area contributed by atoms with Crippen molar-refractivity contribution in [1.82, 2.24) is 0 Å². The predicted molar refractivity (Wildman–Crippen MR) is 158 cm³/mol. The maximum Gasteiger partial charge on any atom is 0.303 e. The van der Waals surface area contributed by atoms with Gasteiger partial charge in [0, 0.05) is 12.3 Å². The van der Waals surface area contributed by atoms with Crippen LogP contribution in [0.4, 0.5) is 0 Å². The van der Waals surface area contributed by atoms with Gasteiger partial charge in [-0.2, -0.15) is 0 Å². The average Bonchev–Trinajstić information content (AvgIpc) is 3.28. The number of allylic oxidation sites excluding steroid dienone is 1. The highest BCUT2D eigenvalue weighted by Gasteiger charge is 2.60. The molecule has 0 aromatic rings. The molecule has 42 heavy (non-hydrogen) atoms. The van der Waals surface area contributed by atoms with Gasteiger partial charge in [0.1, 0.15) is 12.2 Å². The first kappa shape index (κ1) is 32.4. The van der Waals surface area contributed by atoms with E-state index in [4.69, 9.17) is 14.2 Å². The first-order chi connectivity index (χ1) is 19.8. The van der Waals surface area contributed by atoms with Crippen LogP contribution in [-0.2, 0) is 19.0 Å². The number of esters is 1. The number of carbonyl (C=O) groups is 1. The summed E-state index contributed by atoms with van der Waals surface area (Å²) in [6.07, 6.45) is 9.22. The standard InChI is InChI=1S/C34H56O8/c1-20(7-6-14-32(3,4)39)25-10-11-26-24-9-8-22-17-23(12-16-34(22,19-35)27(24)13-15-33(25,26)5)42-31-29(38)30(41-21(2)36)28(37)18-40-31/h8,20,23-31,35,37-39H,6-7,9-19H2,1-5H3/t20-,23+,24+,25-,26+,27+,28-,29+,30-,31+,33-,34-/m1/s1. The van der Waals surface area contributed by atoms with Gasteiger partial charge >= 0.3 is 5.97 Å². The van der Waals surface area contributed by atoms with Gasteiger partial charge in [0.15, 0.2) is 12.4 Å². The zero-order valence-electron chi connectivity index (χ0n) is 26.5. The molecule has 0 amide bonds. The summed E-state index contributed by atoms with van der Waals surface area (Å²) in [5.41, 5.74) is 0.841. The molecular weight excluding hydrogens is 536 g/mol. The lowest BCUT2D eigenvalue weighted by Gasteiger charge is -2.59. The Hall–Kier alpha value is -1.03. The molecular formula is C34H56O8. The Morgan fingerprint density at radius 1 is 1.17 bits per heavy atom. The maximum atomic E-state index is 11.5. The van der Waals surface area contributed by atoms with Gasteiger partial charge in [0.05, 0.1) is 24.9 Å². The molecule has 4 aliphatic carbocycles. The van der Waals surface area contributed by atoms with Crippen LogP contribution in [0.2, 0.25) is 0 Å². The van der Waals surface area contributed by atoms with Gasteiger partial charge in [-0.25, -0.2) is 0 Å². The third-order valence-corrected chi connectivity index (χ3v) is 12.3. The van der Waals surface area contributed by atoms with Gasteiger partial charge in [-0.15, -0.1) is 0 Å². The van der Waals surface area contributed by atoms with Crippen LogP contribution < -0.4 is 0 Å². The van der Waals surface area contributed by atoms with Gasteiger partial charge in [0.25, 0.3) is 0 Å². The Morgan fingerprint density at radius 2 is 1.93 bits per heavy atom. The molecule has 240 valence electrons. The Bertz CT molecular complexity index is 991. The number of aliphatic hydroxyl groups excluding tert-OH is 3. The van der Waals surface area contributed by atoms with E-state index in [9.17, 15) is 25.2 Å². The van der Waals surface area contributed by atoms with Crippen molar-refractivity contribution < 1.29 is 39.4 Å². The lowest BCUT2D eigenvalue weighted by Crippen LogP contribution is -2.57. The topological polar surface area (TPSA) is 126 Å². The van der Waals surface area contributed by atoms with Crippen molar-refractivity contribution in [3.8, 4) is 0 Å². The van der Waals surface area contributed by atoms with Gasteiger partial charge < -0.3 is 34.6 Å². The van der Waals surface area contributed by atoms with Crippen molar-refractivity contribution in [2.45, 2.75) is 142 Å². The highest BCUT2D eigenvalue weighted by molar-refractivity contribution is 5.66. The summed E-state index contributed by atoms with van der Waals surface area (Å²) in [4.78, 5) is 11.5. The summed E-state index contributed by atoms with van der Waals surface area (Å²) in [5.74, 6) is 2.57. The molecule has 12 atom stereocenters. The van der Waals surface area contributed by atoms with Crippen molar-refractivity contribution in [2.24, 2.45) is 40.4 Å². The summed E-state index contributed by atoms with van der Waals surface area (Å²) in [7, 11) is 0. The summed E-state index contributed by atoms with van der Waals surface area (Å²) >= 11 is 0. The molecule has 0 spiro atoms. The molecule has 5 rings (SSSR count). The van der Waals surface area contributed by atoms with E-state index in [1.54, 1.807) is 0 Å². The Morgan fingerprint density at radius 3 is 2.62 bits per heavy atom. The smallest absolute Gasteiger partial charge is 0.303 e. The monoisotopic (exact) mass is 592 g/mol. The van der Waals surface area contributed by atoms with Crippen LogP contribution in [0, 0.1) is 40.4 Å². The SMILES string of the molecule is CC(=O)O[C@H]1[C@H](O)[C@H](O[C@H]2CC[C@@]3(CO)C(=CC[C@@H]4[C@@H]3CC[C@]3(C)[C@@H]([C@H](C)CCCC(C)(C)O)CC[C@@H]43)C2)OC[C@H]1O. The van der Waals surface area contributed by atoms with E-state index < -0.39 is 36.2 Å². The minimum absolute atomic E-state index is 0.0708. The molecule has 5 aliphatic rings. The van der Waals surface area contributed by atoms with Gasteiger partial charge in [-0.05, 0) is 107 Å². The van der Waals surface area contributed by atoms with Crippen molar-refractivity contribution in [1.29, 1.82) is 0 Å². The van der Waals surface area contributed by atoms with Gasteiger partial charge in [-0.1, -0.05) is 38.3 Å². The minimum atomic E-state index is -1.27. The Kier molecular flexibility index (Phi) is 9.55. The molecule has 0 radical (unpaired) electrons. The highest BCUT2D eigenvalue weighted by atomic mass is 16.7. The second-order valence-electron chi connectivity index (χ2n) is 15.4. The second-order valence-corrected chi connectivity index (χ2v) is 15.4. The number of fused-ring (bicyclic) bond motifs is 5. The lowest BCUT2D eigenvalue weighted by molar-refractivity contribution is -0.287. The summed E-state index contributed by atoms with van der Waals surface area (Å²) in [5, 5.41) is 42.1. The van der Waals surface area contributed by atoms with E-state index in [0.29, 0.717) is 35.5 Å². The third kappa shape index (κ3) is 6.10. The Balaban J connectivity index is 1.25. The highest BCUT2D eigenvalue weighted by Crippen LogP contribution is 2.67. The fourth-order valence-electron chi connectivity index (χ4n) is 10.3. The number of carbonyl (C=O) groups excluding carboxylic acids is 1. The van der Waals surface area contributed by atoms with Crippen LogP contribution in [0.25, 0.3) is 0 Å². The molecule has 8 heteroatoms. The maximum absolute atomic E-state index is 11.5. The van der Waals surface area contributed by atoms with Crippen LogP contribution >= 0.6 is 0 Å². The largest absolute Gasteiger partial charge is 0.457 e. The van der Waals surface area contributed by atoms with Crippen molar-refractivity contribution in [3.05, 3.63) is 11.6 Å². The molecule has 1 aliphatic heterocycles. The molecule has 0 aromatic carbocycles. The zero-order valence-corrected chi connectivity index (χ0v) is 26.5. The first-order valence-electron chi connectivity index (χ1n) is 16.6. The van der Waals surface area contributed by atoms with Crippen LogP contribution in [0.1, 0.15) is 105 Å². The summed E-state index contributed by atoms with van der Waals surface area (Å²) < 4.78 is 17.0. The van der Waals surface area contributed by atoms with Crippen LogP contribution in [0.3, 0.4) is 0 Å². The molecule has 0 unspecified atom stereocenters. The van der Waals surface area contributed by atoms with Crippen molar-refractivity contribution in [2.75, 3.05) is 13.2 Å². The van der Waals surface area contributed by atoms with E-state index in [2.05, 4.69) is 19.9 Å². The van der Waals surface area contributed by atoms with Crippen LogP contribution in [-0.4, -0.2) is 75.9 Å². The summed E-state index contributed by atoms with van der Waals surface area (Å²) in [6, 6.07) is 0. The number of aliphatic hydroxyl groups is 4. The molecule has 0 bridgehead atoms. The third-order valence-electron chi connectivity index (χ3n) is 12.3. The molecule has 0 aromatic heterocycles. The fourth-order valence-corrected chi connectivity index (χ4v) is 10.3. The van der Waals surface area contributed by atoms with E-state index in [0.717, 1.165) is 44.4 Å². The van der Waals surface area contributed by atoms with Gasteiger partial charge in [-0.3, -0.25) is 4.79 Å². The molecule has 1 saturated heterocycles. The minimum Gasteiger partial charge on any atom is -0.457 e. The summed E-state index contributed by atoms with van der Waals surface area (Å²) in [6.45, 7) is 10.2. The van der Waals surface area contributed by atoms with Crippen LogP contribution in [0.5, 0.6) is 0 Å². The fraction of sp³-hybridized carbons (Fsp3) is 0.912. The second kappa shape index (κ2) is 12.4. The number of hydrogen-bond acceptors (Lipinski definition) is 8. The van der Waals surface area contributed by atoms with Crippen molar-refractivity contribution >= 4 is 5.97 Å². The quantitative estimate of drug-likeness (QED) is 0.228. The molecule has 3 saturated carbocycles. The normalized spacial score (nSPS) is 44.4. The number of hydrogen-bond donors (Lipinski definition) is 4. The predicted octanol–water partition coefficient (Wildman–Crippen LogP) is 4.51. The zero-order chi connectivity index (χ0) is 30.4.